The minimum absolute atomic E-state index is 0.634. The Balaban J connectivity index is 1.91. The summed E-state index contributed by atoms with van der Waals surface area (Å²) in [5.74, 6) is 0.709. The van der Waals surface area contributed by atoms with Crippen molar-refractivity contribution in [3.8, 4) is 6.07 Å². The van der Waals surface area contributed by atoms with Gasteiger partial charge in [0.05, 0.1) is 17.1 Å². The molecule has 21 heavy (non-hydrogen) atoms. The van der Waals surface area contributed by atoms with Crippen LogP contribution in [-0.4, -0.2) is 4.98 Å². The highest BCUT2D eigenvalue weighted by Gasteiger charge is 2.05. The Morgan fingerprint density at radius 3 is 2.67 bits per heavy atom. The number of benzene rings is 2. The molecule has 0 atom stereocenters. The maximum Gasteiger partial charge on any atom is 0.128 e. The Morgan fingerprint density at radius 2 is 1.86 bits per heavy atom. The monoisotopic (exact) mass is 337 g/mol. The van der Waals surface area contributed by atoms with E-state index in [0.717, 1.165) is 20.9 Å². The predicted octanol–water partition coefficient (Wildman–Crippen LogP) is 4.48. The molecular formula is C17H12BrN3. The molecule has 0 bridgehead atoms. The Morgan fingerprint density at radius 1 is 1.10 bits per heavy atom. The van der Waals surface area contributed by atoms with Gasteiger partial charge in [-0.2, -0.15) is 5.26 Å². The zero-order chi connectivity index (χ0) is 14.7. The number of nitrogens with one attached hydrogen (secondary N) is 1. The summed E-state index contributed by atoms with van der Waals surface area (Å²) in [7, 11) is 0. The molecule has 0 spiro atoms. The molecule has 3 rings (SSSR count). The zero-order valence-electron chi connectivity index (χ0n) is 11.2. The van der Waals surface area contributed by atoms with Crippen LogP contribution in [0.15, 0.2) is 59.1 Å². The minimum atomic E-state index is 0.634. The zero-order valence-corrected chi connectivity index (χ0v) is 12.8. The number of aromatic nitrogens is 1. The van der Waals surface area contributed by atoms with Crippen molar-refractivity contribution < 1.29 is 0 Å². The summed E-state index contributed by atoms with van der Waals surface area (Å²) in [5, 5.41) is 13.4. The number of nitrogens with zero attached hydrogens (tertiary/aromatic N) is 2. The number of hydrogen-bond donors (Lipinski definition) is 1. The molecular weight excluding hydrogens is 326 g/mol. The lowest BCUT2D eigenvalue weighted by Crippen LogP contribution is -2.02. The molecule has 0 aliphatic carbocycles. The fourth-order valence-electron chi connectivity index (χ4n) is 2.19. The van der Waals surface area contributed by atoms with E-state index in [1.54, 1.807) is 6.07 Å². The Kier molecular flexibility index (Phi) is 3.85. The summed E-state index contributed by atoms with van der Waals surface area (Å²) >= 11 is 3.52. The number of halogens is 1. The van der Waals surface area contributed by atoms with Gasteiger partial charge in [0, 0.05) is 16.4 Å². The van der Waals surface area contributed by atoms with Crippen molar-refractivity contribution in [1.82, 2.24) is 4.98 Å². The van der Waals surface area contributed by atoms with Crippen LogP contribution in [0.25, 0.3) is 10.9 Å². The van der Waals surface area contributed by atoms with Crippen molar-refractivity contribution in [3.05, 3.63) is 70.2 Å². The molecule has 102 valence electrons. The SMILES string of the molecule is N#Cc1cc(NCc2ccccc2Br)nc2ccccc12. The first-order valence-corrected chi connectivity index (χ1v) is 7.34. The standard InChI is InChI=1S/C17H12BrN3/c18-15-7-3-1-5-12(15)11-20-17-9-13(10-19)14-6-2-4-8-16(14)21-17/h1-9H,11H2,(H,20,21). The first-order valence-electron chi connectivity index (χ1n) is 6.55. The third kappa shape index (κ3) is 2.88. The van der Waals surface area contributed by atoms with Crippen LogP contribution in [0.4, 0.5) is 5.82 Å². The molecule has 0 fully saturated rings. The molecule has 0 aliphatic heterocycles. The lowest BCUT2D eigenvalue weighted by atomic mass is 10.1. The fourth-order valence-corrected chi connectivity index (χ4v) is 2.61. The number of nitriles is 1. The van der Waals surface area contributed by atoms with Crippen LogP contribution >= 0.6 is 15.9 Å². The van der Waals surface area contributed by atoms with Gasteiger partial charge in [-0.05, 0) is 23.8 Å². The van der Waals surface area contributed by atoms with Crippen molar-refractivity contribution in [2.75, 3.05) is 5.32 Å². The molecule has 0 aliphatic rings. The van der Waals surface area contributed by atoms with Gasteiger partial charge in [0.1, 0.15) is 5.82 Å². The van der Waals surface area contributed by atoms with Crippen molar-refractivity contribution in [3.63, 3.8) is 0 Å². The number of anilines is 1. The highest BCUT2D eigenvalue weighted by Crippen LogP contribution is 2.21. The molecule has 0 saturated carbocycles. The summed E-state index contributed by atoms with van der Waals surface area (Å²) in [6, 6.07) is 19.7. The van der Waals surface area contributed by atoms with Gasteiger partial charge in [-0.1, -0.05) is 52.3 Å². The molecule has 4 heteroatoms. The van der Waals surface area contributed by atoms with E-state index >= 15 is 0 Å². The minimum Gasteiger partial charge on any atom is -0.366 e. The lowest BCUT2D eigenvalue weighted by Gasteiger charge is -2.09. The molecule has 0 saturated heterocycles. The largest absolute Gasteiger partial charge is 0.366 e. The summed E-state index contributed by atoms with van der Waals surface area (Å²) in [6.07, 6.45) is 0. The predicted molar refractivity (Wildman–Crippen MR) is 87.9 cm³/mol. The topological polar surface area (TPSA) is 48.7 Å². The number of hydrogen-bond acceptors (Lipinski definition) is 3. The maximum absolute atomic E-state index is 9.28. The van der Waals surface area contributed by atoms with Crippen LogP contribution < -0.4 is 5.32 Å². The maximum atomic E-state index is 9.28. The van der Waals surface area contributed by atoms with Gasteiger partial charge in [-0.25, -0.2) is 4.98 Å². The van der Waals surface area contributed by atoms with Crippen LogP contribution in [0, 0.1) is 11.3 Å². The van der Waals surface area contributed by atoms with Crippen LogP contribution in [0.5, 0.6) is 0 Å². The van der Waals surface area contributed by atoms with E-state index in [9.17, 15) is 5.26 Å². The third-order valence-corrected chi connectivity index (χ3v) is 4.03. The molecule has 3 nitrogen and oxygen atoms in total. The molecule has 3 aromatic rings. The van der Waals surface area contributed by atoms with Gasteiger partial charge in [-0.3, -0.25) is 0 Å². The molecule has 2 aromatic carbocycles. The summed E-state index contributed by atoms with van der Waals surface area (Å²) < 4.78 is 1.05. The number of fused-ring (bicyclic) bond motifs is 1. The summed E-state index contributed by atoms with van der Waals surface area (Å²) in [4.78, 5) is 4.55. The van der Waals surface area contributed by atoms with E-state index in [2.05, 4.69) is 32.3 Å². The second kappa shape index (κ2) is 5.94. The Bertz CT molecular complexity index is 837. The van der Waals surface area contributed by atoms with Crippen LogP contribution in [0.1, 0.15) is 11.1 Å². The Hall–Kier alpha value is -2.38. The smallest absolute Gasteiger partial charge is 0.128 e. The van der Waals surface area contributed by atoms with E-state index in [-0.39, 0.29) is 0 Å². The lowest BCUT2D eigenvalue weighted by molar-refractivity contribution is 1.11. The normalized spacial score (nSPS) is 10.3. The van der Waals surface area contributed by atoms with Gasteiger partial charge in [-0.15, -0.1) is 0 Å². The molecule has 1 heterocycles. The average molecular weight is 338 g/mol. The van der Waals surface area contributed by atoms with Crippen LogP contribution in [-0.2, 0) is 6.54 Å². The van der Waals surface area contributed by atoms with E-state index < -0.39 is 0 Å². The van der Waals surface area contributed by atoms with Crippen LogP contribution in [0.2, 0.25) is 0 Å². The van der Waals surface area contributed by atoms with Crippen molar-refractivity contribution >= 4 is 32.7 Å². The Labute approximate surface area is 131 Å². The molecule has 1 aromatic heterocycles. The van der Waals surface area contributed by atoms with E-state index in [1.165, 1.54) is 0 Å². The van der Waals surface area contributed by atoms with E-state index in [0.29, 0.717) is 17.9 Å². The number of pyridine rings is 1. The van der Waals surface area contributed by atoms with Crippen molar-refractivity contribution in [2.24, 2.45) is 0 Å². The highest BCUT2D eigenvalue weighted by molar-refractivity contribution is 9.10. The molecule has 1 N–H and O–H groups in total. The first-order chi connectivity index (χ1) is 10.3. The van der Waals surface area contributed by atoms with Crippen molar-refractivity contribution in [2.45, 2.75) is 6.54 Å². The fraction of sp³-hybridized carbons (Fsp3) is 0.0588. The van der Waals surface area contributed by atoms with Gasteiger partial charge < -0.3 is 5.32 Å². The second-order valence-corrected chi connectivity index (χ2v) is 5.48. The quantitative estimate of drug-likeness (QED) is 0.766. The van der Waals surface area contributed by atoms with E-state index in [1.807, 2.05) is 48.5 Å². The van der Waals surface area contributed by atoms with Crippen molar-refractivity contribution in [1.29, 1.82) is 5.26 Å². The number of para-hydroxylation sites is 1. The highest BCUT2D eigenvalue weighted by atomic mass is 79.9. The van der Waals surface area contributed by atoms with Gasteiger partial charge in [0.25, 0.3) is 0 Å². The third-order valence-electron chi connectivity index (χ3n) is 3.25. The second-order valence-electron chi connectivity index (χ2n) is 4.63. The molecule has 0 unspecified atom stereocenters. The first kappa shape index (κ1) is 13.6. The van der Waals surface area contributed by atoms with Gasteiger partial charge in [0.15, 0.2) is 0 Å². The van der Waals surface area contributed by atoms with Crippen LogP contribution in [0.3, 0.4) is 0 Å². The summed E-state index contributed by atoms with van der Waals surface area (Å²) in [6.45, 7) is 0.650. The summed E-state index contributed by atoms with van der Waals surface area (Å²) in [5.41, 5.74) is 2.60. The van der Waals surface area contributed by atoms with Gasteiger partial charge >= 0.3 is 0 Å². The number of rotatable bonds is 3. The average Bonchev–Trinajstić information content (AvgIpc) is 2.53. The molecule has 0 radical (unpaired) electrons. The molecule has 0 amide bonds. The van der Waals surface area contributed by atoms with Gasteiger partial charge in [0.2, 0.25) is 0 Å². The van der Waals surface area contributed by atoms with E-state index in [4.69, 9.17) is 0 Å².